The molecule has 0 aromatic heterocycles. The Morgan fingerprint density at radius 3 is 1.80 bits per heavy atom. The van der Waals surface area contributed by atoms with Gasteiger partial charge in [0.05, 0.1) is 12.2 Å². The molecule has 1 fully saturated rings. The van der Waals surface area contributed by atoms with Gasteiger partial charge in [-0.25, -0.2) is 0 Å². The molecule has 6 N–H and O–H groups in total. The van der Waals surface area contributed by atoms with Crippen molar-refractivity contribution in [3.63, 3.8) is 0 Å². The number of hydrogen-bond donors (Lipinski definition) is 6. The van der Waals surface area contributed by atoms with Crippen LogP contribution in [0.2, 0.25) is 0 Å². The van der Waals surface area contributed by atoms with Gasteiger partial charge in [-0.2, -0.15) is 26.3 Å². The number of phenols is 2. The molecule has 1 aromatic carbocycles. The Morgan fingerprint density at radius 2 is 1.40 bits per heavy atom. The van der Waals surface area contributed by atoms with Crippen LogP contribution in [-0.2, 0) is 5.60 Å². The van der Waals surface area contributed by atoms with Gasteiger partial charge in [0.1, 0.15) is 11.5 Å². The summed E-state index contributed by atoms with van der Waals surface area (Å²) in [5.74, 6) is -2.45. The van der Waals surface area contributed by atoms with Gasteiger partial charge in [-0.05, 0) is 45.2 Å². The molecule has 0 saturated heterocycles. The highest BCUT2D eigenvalue weighted by Gasteiger charge is 2.57. The standard InChI is InChI=1S/C9H15F3O3.C9H9F3O3/c2*1-8(15,9(10,11)12)6-3-2-5(13)4-7(6)14/h5-7,13-15H,2-4H2,1H3;2-4,13-15H,1H3. The normalized spacial score (nSPS) is 26.7. The van der Waals surface area contributed by atoms with Crippen LogP contribution in [0.5, 0.6) is 11.5 Å². The minimum Gasteiger partial charge on any atom is -0.508 e. The molecule has 0 heterocycles. The Bertz CT molecular complexity index is 716. The van der Waals surface area contributed by atoms with E-state index in [9.17, 15) is 46.8 Å². The zero-order valence-corrected chi connectivity index (χ0v) is 16.0. The van der Waals surface area contributed by atoms with Crippen LogP contribution in [0.3, 0.4) is 0 Å². The van der Waals surface area contributed by atoms with E-state index in [2.05, 4.69) is 0 Å². The van der Waals surface area contributed by atoms with Gasteiger partial charge in [0, 0.05) is 17.5 Å². The number of hydrogen-bond acceptors (Lipinski definition) is 6. The average molecular weight is 450 g/mol. The van der Waals surface area contributed by atoms with Crippen molar-refractivity contribution < 1.29 is 57.0 Å². The number of rotatable bonds is 2. The van der Waals surface area contributed by atoms with Crippen molar-refractivity contribution in [2.75, 3.05) is 0 Å². The maximum Gasteiger partial charge on any atom is 0.421 e. The second-order valence-corrected chi connectivity index (χ2v) is 7.56. The number of aromatic hydroxyl groups is 2. The van der Waals surface area contributed by atoms with Gasteiger partial charge in [0.15, 0.2) is 11.2 Å². The first kappa shape index (κ1) is 26.3. The number of aliphatic hydroxyl groups excluding tert-OH is 2. The average Bonchev–Trinajstić information content (AvgIpc) is 2.52. The Morgan fingerprint density at radius 1 is 0.867 bits per heavy atom. The van der Waals surface area contributed by atoms with Crippen LogP contribution in [0.4, 0.5) is 26.3 Å². The zero-order valence-electron chi connectivity index (χ0n) is 16.0. The van der Waals surface area contributed by atoms with E-state index in [0.717, 1.165) is 18.2 Å². The van der Waals surface area contributed by atoms with Crippen molar-refractivity contribution >= 4 is 0 Å². The van der Waals surface area contributed by atoms with Crippen LogP contribution in [-0.4, -0.2) is 60.8 Å². The van der Waals surface area contributed by atoms with E-state index in [-0.39, 0.29) is 25.0 Å². The lowest BCUT2D eigenvalue weighted by atomic mass is 9.74. The van der Waals surface area contributed by atoms with E-state index < -0.39 is 53.0 Å². The zero-order chi connectivity index (χ0) is 23.7. The fourth-order valence-electron chi connectivity index (χ4n) is 3.08. The highest BCUT2D eigenvalue weighted by atomic mass is 19.4. The largest absolute Gasteiger partial charge is 0.508 e. The molecule has 0 radical (unpaired) electrons. The first-order valence-corrected chi connectivity index (χ1v) is 8.79. The topological polar surface area (TPSA) is 121 Å². The van der Waals surface area contributed by atoms with Gasteiger partial charge >= 0.3 is 12.4 Å². The summed E-state index contributed by atoms with van der Waals surface area (Å²) in [6.45, 7) is 1.19. The molecule has 30 heavy (non-hydrogen) atoms. The maximum atomic E-state index is 12.5. The third-order valence-electron chi connectivity index (χ3n) is 5.14. The van der Waals surface area contributed by atoms with Crippen LogP contribution >= 0.6 is 0 Å². The second-order valence-electron chi connectivity index (χ2n) is 7.56. The lowest BCUT2D eigenvalue weighted by Gasteiger charge is -2.40. The molecule has 5 atom stereocenters. The van der Waals surface area contributed by atoms with Gasteiger partial charge in [0.25, 0.3) is 0 Å². The van der Waals surface area contributed by atoms with Crippen molar-refractivity contribution in [1.29, 1.82) is 0 Å². The van der Waals surface area contributed by atoms with E-state index >= 15 is 0 Å². The van der Waals surface area contributed by atoms with E-state index in [1.54, 1.807) is 0 Å². The number of benzene rings is 1. The van der Waals surface area contributed by atoms with E-state index in [1.807, 2.05) is 0 Å². The number of halogens is 6. The summed E-state index contributed by atoms with van der Waals surface area (Å²) in [6, 6.07) is 2.50. The molecule has 0 amide bonds. The first-order chi connectivity index (χ1) is 13.3. The van der Waals surface area contributed by atoms with E-state index in [4.69, 9.17) is 10.2 Å². The fraction of sp³-hybridized carbons (Fsp3) is 0.667. The predicted molar refractivity (Wildman–Crippen MR) is 91.4 cm³/mol. The van der Waals surface area contributed by atoms with Crippen LogP contribution in [0, 0.1) is 5.92 Å². The summed E-state index contributed by atoms with van der Waals surface area (Å²) < 4.78 is 74.5. The molecule has 1 aliphatic carbocycles. The Labute approximate surface area is 168 Å². The molecule has 0 bridgehead atoms. The molecule has 5 unspecified atom stereocenters. The van der Waals surface area contributed by atoms with E-state index in [1.165, 1.54) is 0 Å². The SMILES string of the molecule is CC(O)(C1CCC(O)CC1O)C(F)(F)F.CC(O)(c1ccc(O)cc1O)C(F)(F)F. The number of phenolic OH excluding ortho intramolecular Hbond substituents is 2. The van der Waals surface area contributed by atoms with Gasteiger partial charge in [0.2, 0.25) is 0 Å². The Kier molecular flexibility index (Phi) is 7.68. The second kappa shape index (κ2) is 8.77. The van der Waals surface area contributed by atoms with Crippen molar-refractivity contribution in [3.05, 3.63) is 23.8 Å². The highest BCUT2D eigenvalue weighted by molar-refractivity contribution is 5.42. The predicted octanol–water partition coefficient (Wildman–Crippen LogP) is 2.69. The molecular weight excluding hydrogens is 426 g/mol. The summed E-state index contributed by atoms with van der Waals surface area (Å²) in [4.78, 5) is 0. The maximum absolute atomic E-state index is 12.5. The molecule has 2 rings (SSSR count). The van der Waals surface area contributed by atoms with Gasteiger partial charge in [-0.3, -0.25) is 0 Å². The molecule has 1 saturated carbocycles. The summed E-state index contributed by atoms with van der Waals surface area (Å²) >= 11 is 0. The minimum absolute atomic E-state index is 0.0329. The third kappa shape index (κ3) is 5.68. The van der Waals surface area contributed by atoms with E-state index in [0.29, 0.717) is 13.8 Å². The molecule has 12 heteroatoms. The molecule has 1 aliphatic rings. The third-order valence-corrected chi connectivity index (χ3v) is 5.14. The fourth-order valence-corrected chi connectivity index (χ4v) is 3.08. The Balaban J connectivity index is 0.000000300. The number of aliphatic hydroxyl groups is 4. The van der Waals surface area contributed by atoms with Gasteiger partial charge < -0.3 is 30.6 Å². The van der Waals surface area contributed by atoms with Gasteiger partial charge in [-0.15, -0.1) is 0 Å². The quantitative estimate of drug-likeness (QED) is 0.386. The Hall–Kier alpha value is -1.76. The van der Waals surface area contributed by atoms with Crippen molar-refractivity contribution in [2.45, 2.75) is 68.9 Å². The van der Waals surface area contributed by atoms with Crippen LogP contribution < -0.4 is 0 Å². The lowest BCUT2D eigenvalue weighted by molar-refractivity contribution is -0.286. The van der Waals surface area contributed by atoms with Crippen molar-refractivity contribution in [3.8, 4) is 11.5 Å². The highest BCUT2D eigenvalue weighted by Crippen LogP contribution is 2.43. The molecular formula is C18H24F6O6. The van der Waals surface area contributed by atoms with Crippen molar-refractivity contribution in [2.24, 2.45) is 5.92 Å². The lowest BCUT2D eigenvalue weighted by Crippen LogP contribution is -2.54. The molecule has 6 nitrogen and oxygen atoms in total. The first-order valence-electron chi connectivity index (χ1n) is 8.79. The molecule has 0 aliphatic heterocycles. The number of alkyl halides is 6. The summed E-state index contributed by atoms with van der Waals surface area (Å²) in [5.41, 5.74) is -6.75. The van der Waals surface area contributed by atoms with Crippen molar-refractivity contribution in [1.82, 2.24) is 0 Å². The molecule has 1 aromatic rings. The molecule has 0 spiro atoms. The van der Waals surface area contributed by atoms with Crippen LogP contribution in [0.15, 0.2) is 18.2 Å². The minimum atomic E-state index is -4.90. The summed E-state index contributed by atoms with van der Waals surface area (Å²) in [6.07, 6.45) is -11.7. The van der Waals surface area contributed by atoms with Gasteiger partial charge in [-0.1, -0.05) is 0 Å². The molecule has 174 valence electrons. The summed E-state index contributed by atoms with van der Waals surface area (Å²) in [7, 11) is 0. The monoisotopic (exact) mass is 450 g/mol. The smallest absolute Gasteiger partial charge is 0.421 e. The van der Waals surface area contributed by atoms with Crippen LogP contribution in [0.1, 0.15) is 38.7 Å². The summed E-state index contributed by atoms with van der Waals surface area (Å²) in [5, 5.41) is 55.2. The van der Waals surface area contributed by atoms with Crippen LogP contribution in [0.25, 0.3) is 0 Å².